The van der Waals surface area contributed by atoms with Gasteiger partial charge in [0.25, 0.3) is 0 Å². The van der Waals surface area contributed by atoms with Gasteiger partial charge in [0.1, 0.15) is 0 Å². The summed E-state index contributed by atoms with van der Waals surface area (Å²) >= 11 is 3.42. The standard InChI is InChI=1S/C15H20BrNO2S/c1-10-3-8-15(14(16)9-10)20(18,19)17(13-6-7-13)11(2)12-4-5-12/h3,8-9,11-13H,4-7H2,1-2H3. The molecule has 0 amide bonds. The minimum absolute atomic E-state index is 0.126. The first kappa shape index (κ1) is 14.5. The number of hydrogen-bond donors (Lipinski definition) is 0. The van der Waals surface area contributed by atoms with E-state index in [4.69, 9.17) is 0 Å². The molecule has 1 aromatic carbocycles. The first-order valence-corrected chi connectivity index (χ1v) is 9.44. The SMILES string of the molecule is Cc1ccc(S(=O)(=O)N(C2CC2)C(C)C2CC2)c(Br)c1. The summed E-state index contributed by atoms with van der Waals surface area (Å²) in [6.45, 7) is 4.03. The molecule has 2 saturated carbocycles. The molecule has 110 valence electrons. The fourth-order valence-corrected chi connectivity index (χ4v) is 5.88. The highest BCUT2D eigenvalue weighted by atomic mass is 79.9. The van der Waals surface area contributed by atoms with Gasteiger partial charge in [-0.05, 0) is 79.1 Å². The largest absolute Gasteiger partial charge is 0.244 e. The molecule has 2 aliphatic carbocycles. The van der Waals surface area contributed by atoms with E-state index >= 15 is 0 Å². The molecule has 0 saturated heterocycles. The molecular weight excluding hydrogens is 338 g/mol. The fourth-order valence-electron chi connectivity index (χ4n) is 2.79. The van der Waals surface area contributed by atoms with Crippen LogP contribution >= 0.6 is 15.9 Å². The smallest absolute Gasteiger partial charge is 0.207 e. The van der Waals surface area contributed by atoms with E-state index in [9.17, 15) is 8.42 Å². The average Bonchev–Trinajstić information content (AvgIpc) is 3.22. The van der Waals surface area contributed by atoms with Gasteiger partial charge in [-0.2, -0.15) is 4.31 Å². The highest BCUT2D eigenvalue weighted by molar-refractivity contribution is 9.10. The summed E-state index contributed by atoms with van der Waals surface area (Å²) in [5.74, 6) is 0.551. The van der Waals surface area contributed by atoms with Gasteiger partial charge < -0.3 is 0 Å². The van der Waals surface area contributed by atoms with Crippen LogP contribution in [-0.4, -0.2) is 24.8 Å². The Bertz CT molecular complexity index is 621. The maximum atomic E-state index is 13.0. The molecule has 2 aliphatic rings. The molecule has 20 heavy (non-hydrogen) atoms. The highest BCUT2D eigenvalue weighted by Crippen LogP contribution is 2.43. The lowest BCUT2D eigenvalue weighted by atomic mass is 10.2. The third kappa shape index (κ3) is 2.68. The molecule has 5 heteroatoms. The third-order valence-corrected chi connectivity index (χ3v) is 7.27. The van der Waals surface area contributed by atoms with E-state index in [2.05, 4.69) is 22.9 Å². The molecule has 0 aromatic heterocycles. The van der Waals surface area contributed by atoms with Crippen LogP contribution in [0, 0.1) is 12.8 Å². The molecule has 0 heterocycles. The van der Waals surface area contributed by atoms with E-state index in [0.717, 1.165) is 31.2 Å². The van der Waals surface area contributed by atoms with Crippen molar-refractivity contribution in [2.45, 2.75) is 56.5 Å². The number of sulfonamides is 1. The van der Waals surface area contributed by atoms with Crippen LogP contribution in [0.25, 0.3) is 0 Å². The summed E-state index contributed by atoms with van der Waals surface area (Å²) in [6, 6.07) is 5.80. The van der Waals surface area contributed by atoms with Gasteiger partial charge in [0, 0.05) is 16.6 Å². The van der Waals surface area contributed by atoms with Crippen LogP contribution in [0.5, 0.6) is 0 Å². The van der Waals surface area contributed by atoms with Crippen LogP contribution in [0.3, 0.4) is 0 Å². The Hall–Kier alpha value is -0.390. The van der Waals surface area contributed by atoms with Crippen LogP contribution in [0.15, 0.2) is 27.6 Å². The Morgan fingerprint density at radius 1 is 1.25 bits per heavy atom. The molecule has 3 rings (SSSR count). The van der Waals surface area contributed by atoms with Crippen LogP contribution in [-0.2, 0) is 10.0 Å². The number of aryl methyl sites for hydroxylation is 1. The van der Waals surface area contributed by atoms with Crippen molar-refractivity contribution in [2.75, 3.05) is 0 Å². The second kappa shape index (κ2) is 5.11. The van der Waals surface area contributed by atoms with Crippen molar-refractivity contribution in [1.82, 2.24) is 4.31 Å². The normalized spacial score (nSPS) is 21.2. The molecule has 1 aromatic rings. The van der Waals surface area contributed by atoms with Crippen LogP contribution in [0.2, 0.25) is 0 Å². The number of rotatable bonds is 5. The molecule has 3 nitrogen and oxygen atoms in total. The van der Waals surface area contributed by atoms with Crippen molar-refractivity contribution in [2.24, 2.45) is 5.92 Å². The van der Waals surface area contributed by atoms with E-state index in [-0.39, 0.29) is 12.1 Å². The lowest BCUT2D eigenvalue weighted by Gasteiger charge is -2.29. The first-order valence-electron chi connectivity index (χ1n) is 7.21. The topological polar surface area (TPSA) is 37.4 Å². The monoisotopic (exact) mass is 357 g/mol. The number of hydrogen-bond acceptors (Lipinski definition) is 2. The summed E-state index contributed by atoms with van der Waals surface area (Å²) in [6.07, 6.45) is 4.32. The predicted octanol–water partition coefficient (Wildman–Crippen LogP) is 3.71. The maximum Gasteiger partial charge on any atom is 0.244 e. The van der Waals surface area contributed by atoms with Gasteiger partial charge in [-0.1, -0.05) is 6.07 Å². The van der Waals surface area contributed by atoms with E-state index in [1.165, 1.54) is 0 Å². The zero-order chi connectivity index (χ0) is 14.5. The average molecular weight is 358 g/mol. The molecule has 2 fully saturated rings. The van der Waals surface area contributed by atoms with Crippen molar-refractivity contribution in [3.8, 4) is 0 Å². The van der Waals surface area contributed by atoms with E-state index in [1.807, 2.05) is 19.1 Å². The van der Waals surface area contributed by atoms with Crippen molar-refractivity contribution in [1.29, 1.82) is 0 Å². The Kier molecular flexibility index (Phi) is 3.72. The third-order valence-electron chi connectivity index (χ3n) is 4.26. The fraction of sp³-hybridized carbons (Fsp3) is 0.600. The number of benzene rings is 1. The molecule has 0 aliphatic heterocycles. The van der Waals surface area contributed by atoms with Crippen LogP contribution in [0.1, 0.15) is 38.2 Å². The van der Waals surface area contributed by atoms with Gasteiger partial charge >= 0.3 is 0 Å². The lowest BCUT2D eigenvalue weighted by Crippen LogP contribution is -2.41. The molecule has 0 radical (unpaired) electrons. The van der Waals surface area contributed by atoms with E-state index in [0.29, 0.717) is 15.3 Å². The minimum atomic E-state index is -3.40. The highest BCUT2D eigenvalue weighted by Gasteiger charge is 2.46. The van der Waals surface area contributed by atoms with Crippen molar-refractivity contribution in [3.05, 3.63) is 28.2 Å². The Morgan fingerprint density at radius 3 is 2.40 bits per heavy atom. The van der Waals surface area contributed by atoms with Crippen molar-refractivity contribution in [3.63, 3.8) is 0 Å². The molecule has 0 N–H and O–H groups in total. The van der Waals surface area contributed by atoms with E-state index in [1.54, 1.807) is 10.4 Å². The van der Waals surface area contributed by atoms with E-state index < -0.39 is 10.0 Å². The van der Waals surface area contributed by atoms with Gasteiger partial charge in [0.05, 0.1) is 4.90 Å². The summed E-state index contributed by atoms with van der Waals surface area (Å²) in [7, 11) is -3.40. The van der Waals surface area contributed by atoms with Crippen LogP contribution < -0.4 is 0 Å². The van der Waals surface area contributed by atoms with Crippen LogP contribution in [0.4, 0.5) is 0 Å². The summed E-state index contributed by atoms with van der Waals surface area (Å²) in [5.41, 5.74) is 1.06. The van der Waals surface area contributed by atoms with Gasteiger partial charge in [0.15, 0.2) is 0 Å². The number of halogens is 1. The second-order valence-electron chi connectivity index (χ2n) is 6.08. The summed E-state index contributed by atoms with van der Waals surface area (Å²) in [5, 5.41) is 0. The Morgan fingerprint density at radius 2 is 1.90 bits per heavy atom. The lowest BCUT2D eigenvalue weighted by molar-refractivity contribution is 0.301. The minimum Gasteiger partial charge on any atom is -0.207 e. The Balaban J connectivity index is 1.99. The molecule has 1 atom stereocenters. The molecule has 1 unspecified atom stereocenters. The molecule has 0 bridgehead atoms. The van der Waals surface area contributed by atoms with Crippen molar-refractivity contribution < 1.29 is 8.42 Å². The maximum absolute atomic E-state index is 13.0. The second-order valence-corrected chi connectivity index (χ2v) is 8.74. The zero-order valence-electron chi connectivity index (χ0n) is 11.8. The molecule has 0 spiro atoms. The first-order chi connectivity index (χ1) is 9.41. The van der Waals surface area contributed by atoms with Gasteiger partial charge in [-0.15, -0.1) is 0 Å². The van der Waals surface area contributed by atoms with Crippen molar-refractivity contribution >= 4 is 26.0 Å². The summed E-state index contributed by atoms with van der Waals surface area (Å²) < 4.78 is 28.5. The summed E-state index contributed by atoms with van der Waals surface area (Å²) in [4.78, 5) is 0.405. The molecular formula is C15H20BrNO2S. The Labute approximate surface area is 129 Å². The predicted molar refractivity (Wildman–Crippen MR) is 83.1 cm³/mol. The van der Waals surface area contributed by atoms with Gasteiger partial charge in [0.2, 0.25) is 10.0 Å². The van der Waals surface area contributed by atoms with Gasteiger partial charge in [-0.3, -0.25) is 0 Å². The quantitative estimate of drug-likeness (QED) is 0.805. The van der Waals surface area contributed by atoms with Gasteiger partial charge in [-0.25, -0.2) is 8.42 Å². The number of nitrogens with zero attached hydrogens (tertiary/aromatic N) is 1. The zero-order valence-corrected chi connectivity index (χ0v) is 14.2.